The Morgan fingerprint density at radius 3 is 2.58 bits per heavy atom. The van der Waals surface area contributed by atoms with Gasteiger partial charge in [-0.3, -0.25) is 0 Å². The van der Waals surface area contributed by atoms with Gasteiger partial charge in [0.05, 0.1) is 19.5 Å². The zero-order chi connectivity index (χ0) is 16.9. The van der Waals surface area contributed by atoms with Crippen molar-refractivity contribution in [2.75, 3.05) is 0 Å². The Labute approximate surface area is 151 Å². The lowest BCUT2D eigenvalue weighted by Gasteiger charge is -2.20. The predicted molar refractivity (Wildman–Crippen MR) is 97.4 cm³/mol. The lowest BCUT2D eigenvalue weighted by Crippen LogP contribution is -2.12. The standard InChI is InChI=1S/C19H18Cl2N2O/c1-14-2-7-17(18(21)10-14)19(11-23-9-8-22-13-23)24-12-15-3-5-16(20)6-4-15/h2-10,13,19H,11-12H2,1H3. The van der Waals surface area contributed by atoms with Gasteiger partial charge in [-0.25, -0.2) is 4.98 Å². The van der Waals surface area contributed by atoms with Crippen molar-refractivity contribution in [3.05, 3.63) is 87.9 Å². The van der Waals surface area contributed by atoms with E-state index < -0.39 is 0 Å². The number of halogens is 2. The summed E-state index contributed by atoms with van der Waals surface area (Å²) in [6.45, 7) is 3.16. The molecule has 24 heavy (non-hydrogen) atoms. The van der Waals surface area contributed by atoms with Crippen LogP contribution in [-0.2, 0) is 17.9 Å². The number of benzene rings is 2. The summed E-state index contributed by atoms with van der Waals surface area (Å²) in [4.78, 5) is 4.09. The van der Waals surface area contributed by atoms with Crippen LogP contribution in [0.15, 0.2) is 61.2 Å². The molecule has 124 valence electrons. The Balaban J connectivity index is 1.80. The first-order chi connectivity index (χ1) is 11.6. The molecule has 3 nitrogen and oxygen atoms in total. The largest absolute Gasteiger partial charge is 0.367 e. The number of aromatic nitrogens is 2. The fourth-order valence-corrected chi connectivity index (χ4v) is 2.98. The van der Waals surface area contributed by atoms with Crippen LogP contribution in [0.1, 0.15) is 22.8 Å². The van der Waals surface area contributed by atoms with E-state index in [-0.39, 0.29) is 6.10 Å². The van der Waals surface area contributed by atoms with Gasteiger partial charge in [-0.2, -0.15) is 0 Å². The van der Waals surface area contributed by atoms with Crippen LogP contribution < -0.4 is 0 Å². The van der Waals surface area contributed by atoms with Crippen molar-refractivity contribution in [3.8, 4) is 0 Å². The molecule has 0 saturated heterocycles. The topological polar surface area (TPSA) is 27.1 Å². The van der Waals surface area contributed by atoms with E-state index >= 15 is 0 Å². The van der Waals surface area contributed by atoms with Crippen molar-refractivity contribution in [1.29, 1.82) is 0 Å². The van der Waals surface area contributed by atoms with Crippen LogP contribution in [-0.4, -0.2) is 9.55 Å². The Hall–Kier alpha value is -1.81. The van der Waals surface area contributed by atoms with E-state index in [9.17, 15) is 0 Å². The number of aryl methyl sites for hydroxylation is 1. The summed E-state index contributed by atoms with van der Waals surface area (Å²) in [5.74, 6) is 0. The van der Waals surface area contributed by atoms with Gasteiger partial charge in [-0.05, 0) is 36.2 Å². The van der Waals surface area contributed by atoms with Gasteiger partial charge in [-0.15, -0.1) is 0 Å². The highest BCUT2D eigenvalue weighted by atomic mass is 35.5. The second-order valence-electron chi connectivity index (χ2n) is 5.71. The maximum absolute atomic E-state index is 6.44. The molecule has 1 unspecified atom stereocenters. The Morgan fingerprint density at radius 2 is 1.92 bits per heavy atom. The van der Waals surface area contributed by atoms with Gasteiger partial charge in [-0.1, -0.05) is 47.5 Å². The zero-order valence-electron chi connectivity index (χ0n) is 13.3. The molecule has 0 spiro atoms. The molecule has 3 aromatic rings. The summed E-state index contributed by atoms with van der Waals surface area (Å²) < 4.78 is 8.16. The summed E-state index contributed by atoms with van der Waals surface area (Å²) in [6.07, 6.45) is 5.29. The van der Waals surface area contributed by atoms with Crippen molar-refractivity contribution in [3.63, 3.8) is 0 Å². The molecule has 0 saturated carbocycles. The van der Waals surface area contributed by atoms with Gasteiger partial charge < -0.3 is 9.30 Å². The summed E-state index contributed by atoms with van der Waals surface area (Å²) in [6, 6.07) is 13.7. The van der Waals surface area contributed by atoms with Crippen LogP contribution in [0, 0.1) is 6.92 Å². The third-order valence-electron chi connectivity index (χ3n) is 3.80. The second-order valence-corrected chi connectivity index (χ2v) is 6.55. The van der Waals surface area contributed by atoms with Crippen molar-refractivity contribution in [1.82, 2.24) is 9.55 Å². The molecule has 0 aliphatic heterocycles. The first kappa shape index (κ1) is 17.0. The minimum absolute atomic E-state index is 0.164. The molecule has 0 amide bonds. The van der Waals surface area contributed by atoms with E-state index in [2.05, 4.69) is 4.98 Å². The van der Waals surface area contributed by atoms with Gasteiger partial charge in [0.25, 0.3) is 0 Å². The molecule has 2 aromatic carbocycles. The monoisotopic (exact) mass is 360 g/mol. The van der Waals surface area contributed by atoms with E-state index in [0.717, 1.165) is 26.7 Å². The molecule has 1 aromatic heterocycles. The third kappa shape index (κ3) is 4.38. The van der Waals surface area contributed by atoms with Crippen molar-refractivity contribution >= 4 is 23.2 Å². The molecular formula is C19H18Cl2N2O. The highest BCUT2D eigenvalue weighted by Gasteiger charge is 2.16. The maximum atomic E-state index is 6.44. The van der Waals surface area contributed by atoms with Crippen molar-refractivity contribution in [2.45, 2.75) is 26.2 Å². The molecule has 0 fully saturated rings. The SMILES string of the molecule is Cc1ccc(C(Cn2ccnc2)OCc2ccc(Cl)cc2)c(Cl)c1. The third-order valence-corrected chi connectivity index (χ3v) is 4.38. The minimum atomic E-state index is -0.164. The quantitative estimate of drug-likeness (QED) is 0.583. The average molecular weight is 361 g/mol. The van der Waals surface area contributed by atoms with Crippen LogP contribution in [0.2, 0.25) is 10.0 Å². The molecule has 0 aliphatic carbocycles. The van der Waals surface area contributed by atoms with E-state index in [4.69, 9.17) is 27.9 Å². The summed E-state index contributed by atoms with van der Waals surface area (Å²) >= 11 is 12.4. The lowest BCUT2D eigenvalue weighted by molar-refractivity contribution is 0.0280. The number of hydrogen-bond acceptors (Lipinski definition) is 2. The smallest absolute Gasteiger partial charge is 0.102 e. The maximum Gasteiger partial charge on any atom is 0.102 e. The van der Waals surface area contributed by atoms with Crippen LogP contribution in [0.4, 0.5) is 0 Å². The van der Waals surface area contributed by atoms with Gasteiger partial charge in [0, 0.05) is 28.0 Å². The number of imidazole rings is 1. The van der Waals surface area contributed by atoms with Gasteiger partial charge in [0.15, 0.2) is 0 Å². The normalized spacial score (nSPS) is 12.3. The molecule has 0 bridgehead atoms. The van der Waals surface area contributed by atoms with E-state index in [0.29, 0.717) is 13.2 Å². The Kier molecular flexibility index (Phi) is 5.56. The highest BCUT2D eigenvalue weighted by molar-refractivity contribution is 6.31. The van der Waals surface area contributed by atoms with Gasteiger partial charge in [0.1, 0.15) is 6.10 Å². The number of rotatable bonds is 6. The zero-order valence-corrected chi connectivity index (χ0v) is 14.8. The minimum Gasteiger partial charge on any atom is -0.367 e. The lowest BCUT2D eigenvalue weighted by atomic mass is 10.1. The first-order valence-corrected chi connectivity index (χ1v) is 8.45. The number of ether oxygens (including phenoxy) is 1. The molecule has 5 heteroatoms. The summed E-state index contributed by atoms with van der Waals surface area (Å²) in [5, 5.41) is 1.44. The summed E-state index contributed by atoms with van der Waals surface area (Å²) in [5.41, 5.74) is 3.17. The Morgan fingerprint density at radius 1 is 1.12 bits per heavy atom. The Bertz CT molecular complexity index is 786. The van der Waals surface area contributed by atoms with Crippen molar-refractivity contribution < 1.29 is 4.74 Å². The van der Waals surface area contributed by atoms with Crippen molar-refractivity contribution in [2.24, 2.45) is 0 Å². The second kappa shape index (κ2) is 7.84. The molecular weight excluding hydrogens is 343 g/mol. The molecule has 1 heterocycles. The first-order valence-electron chi connectivity index (χ1n) is 7.69. The molecule has 0 aliphatic rings. The van der Waals surface area contributed by atoms with Crippen LogP contribution in [0.25, 0.3) is 0 Å². The average Bonchev–Trinajstić information content (AvgIpc) is 3.06. The van der Waals surface area contributed by atoms with Crippen LogP contribution >= 0.6 is 23.2 Å². The van der Waals surface area contributed by atoms with Gasteiger partial charge >= 0.3 is 0 Å². The molecule has 0 N–H and O–H groups in total. The fraction of sp³-hybridized carbons (Fsp3) is 0.211. The van der Waals surface area contributed by atoms with E-state index in [1.165, 1.54) is 0 Å². The van der Waals surface area contributed by atoms with Crippen LogP contribution in [0.3, 0.4) is 0 Å². The number of hydrogen-bond donors (Lipinski definition) is 0. The van der Waals surface area contributed by atoms with E-state index in [1.54, 1.807) is 12.5 Å². The molecule has 0 radical (unpaired) electrons. The van der Waals surface area contributed by atoms with E-state index in [1.807, 2.05) is 60.2 Å². The highest BCUT2D eigenvalue weighted by Crippen LogP contribution is 2.29. The molecule has 1 atom stereocenters. The molecule has 3 rings (SSSR count). The van der Waals surface area contributed by atoms with Crippen LogP contribution in [0.5, 0.6) is 0 Å². The van der Waals surface area contributed by atoms with Gasteiger partial charge in [0.2, 0.25) is 0 Å². The fourth-order valence-electron chi connectivity index (χ4n) is 2.50. The number of nitrogens with zero attached hydrogens (tertiary/aromatic N) is 2. The summed E-state index contributed by atoms with van der Waals surface area (Å²) in [7, 11) is 0. The predicted octanol–water partition coefficient (Wildman–Crippen LogP) is 5.46.